The standard InChI is InChI=1S/C35H48N2O3/c1-20-16-25(31(39)40)24-10-12-34(6)26(29(24)21(20)2)8-9-28-33(5)18-22(17-23-19-36-14-15-37-23)30(38)32(3,4)27(33)11-13-35(28,34)7/h8,14-15,17,19-21,24-25,27-29H,9-13,16,18H2,1-7H3,(H,39,40)/b22-17-/t20-,21+,24?,25-,27?,28?,29?,33+,34-,35-/m1/s1. The molecule has 0 aromatic carbocycles. The molecule has 5 nitrogen and oxygen atoms in total. The van der Waals surface area contributed by atoms with Crippen LogP contribution in [0.5, 0.6) is 0 Å². The number of carboxylic acid groups (broad SMARTS) is 1. The van der Waals surface area contributed by atoms with Crippen LogP contribution in [0.25, 0.3) is 6.08 Å². The summed E-state index contributed by atoms with van der Waals surface area (Å²) in [6.07, 6.45) is 16.6. The van der Waals surface area contributed by atoms with Crippen LogP contribution >= 0.6 is 0 Å². The number of carboxylic acids is 1. The number of carbonyl (C=O) groups is 2. The molecule has 5 heteroatoms. The van der Waals surface area contributed by atoms with E-state index in [0.29, 0.717) is 29.6 Å². The van der Waals surface area contributed by atoms with Gasteiger partial charge in [0, 0.05) is 17.8 Å². The predicted octanol–water partition coefficient (Wildman–Crippen LogP) is 7.64. The van der Waals surface area contributed by atoms with Crippen LogP contribution in [0.2, 0.25) is 0 Å². The van der Waals surface area contributed by atoms with Gasteiger partial charge in [0.1, 0.15) is 0 Å². The molecule has 0 bridgehead atoms. The first-order valence-corrected chi connectivity index (χ1v) is 15.7. The summed E-state index contributed by atoms with van der Waals surface area (Å²) >= 11 is 0. The van der Waals surface area contributed by atoms with E-state index >= 15 is 0 Å². The minimum absolute atomic E-state index is 0.00455. The minimum Gasteiger partial charge on any atom is -0.481 e. The van der Waals surface area contributed by atoms with Crippen molar-refractivity contribution in [1.82, 2.24) is 9.97 Å². The number of carbonyl (C=O) groups excluding carboxylic acids is 1. The number of allylic oxidation sites excluding steroid dienone is 3. The van der Waals surface area contributed by atoms with Gasteiger partial charge in [-0.05, 0) is 108 Å². The first-order valence-electron chi connectivity index (χ1n) is 15.7. The Labute approximate surface area is 240 Å². The minimum atomic E-state index is -0.595. The number of fused-ring (bicyclic) bond motifs is 7. The molecule has 40 heavy (non-hydrogen) atoms. The smallest absolute Gasteiger partial charge is 0.306 e. The van der Waals surface area contributed by atoms with Gasteiger partial charge in [0.05, 0.1) is 17.8 Å². The van der Waals surface area contributed by atoms with Crippen molar-refractivity contribution in [2.75, 3.05) is 0 Å². The summed E-state index contributed by atoms with van der Waals surface area (Å²) in [4.78, 5) is 35.0. The summed E-state index contributed by atoms with van der Waals surface area (Å²) < 4.78 is 0. The summed E-state index contributed by atoms with van der Waals surface area (Å²) in [6.45, 7) is 16.6. The number of aromatic nitrogens is 2. The van der Waals surface area contributed by atoms with E-state index in [1.807, 2.05) is 6.08 Å². The SMILES string of the molecule is C[C@@H]1C[C@@H](C(=O)O)C2CC[C@]3(C)C(=CCC4[C@@]5(C)C/C(=C/c6cnccn6)C(=O)C(C)(C)C5CC[C@]43C)C2[C@H]1C. The van der Waals surface area contributed by atoms with E-state index in [-0.39, 0.29) is 33.9 Å². The Morgan fingerprint density at radius 1 is 1.05 bits per heavy atom. The molecule has 4 saturated carbocycles. The maximum absolute atomic E-state index is 13.9. The molecule has 5 aliphatic rings. The number of Topliss-reactive ketones (excluding diaryl/α,β-unsaturated/α-hetero) is 1. The lowest BCUT2D eigenvalue weighted by Gasteiger charge is -2.70. The molecular formula is C35H48N2O3. The third-order valence-corrected chi connectivity index (χ3v) is 13.7. The zero-order valence-electron chi connectivity index (χ0n) is 25.5. The van der Waals surface area contributed by atoms with Crippen molar-refractivity contribution in [3.63, 3.8) is 0 Å². The van der Waals surface area contributed by atoms with Crippen molar-refractivity contribution >= 4 is 17.8 Å². The molecule has 4 fully saturated rings. The molecule has 1 heterocycles. The summed E-state index contributed by atoms with van der Waals surface area (Å²) in [5.41, 5.74) is 2.97. The van der Waals surface area contributed by atoms with Gasteiger partial charge in [0.2, 0.25) is 0 Å². The number of hydrogen-bond acceptors (Lipinski definition) is 4. The molecule has 216 valence electrons. The lowest BCUT2D eigenvalue weighted by molar-refractivity contribution is -0.177. The number of aliphatic carboxylic acids is 1. The zero-order chi connectivity index (χ0) is 28.8. The second-order valence-corrected chi connectivity index (χ2v) is 15.6. The van der Waals surface area contributed by atoms with E-state index in [1.165, 1.54) is 0 Å². The molecule has 0 saturated heterocycles. The summed E-state index contributed by atoms with van der Waals surface area (Å²) in [5.74, 6) is 1.80. The topological polar surface area (TPSA) is 80.2 Å². The molecule has 6 rings (SSSR count). The molecular weight excluding hydrogens is 496 g/mol. The van der Waals surface area contributed by atoms with Crippen LogP contribution in [0.4, 0.5) is 0 Å². The second-order valence-electron chi connectivity index (χ2n) is 15.6. The normalized spacial score (nSPS) is 46.9. The molecule has 0 amide bonds. The zero-order valence-corrected chi connectivity index (χ0v) is 25.5. The van der Waals surface area contributed by atoms with Gasteiger partial charge in [-0.1, -0.05) is 60.1 Å². The average molecular weight is 545 g/mol. The third kappa shape index (κ3) is 3.64. The lowest BCUT2D eigenvalue weighted by atomic mass is 9.34. The van der Waals surface area contributed by atoms with Gasteiger partial charge in [-0.25, -0.2) is 0 Å². The van der Waals surface area contributed by atoms with E-state index in [4.69, 9.17) is 0 Å². The number of nitrogens with zero attached hydrogens (tertiary/aromatic N) is 2. The van der Waals surface area contributed by atoms with Crippen molar-refractivity contribution in [3.05, 3.63) is 41.5 Å². The first-order chi connectivity index (χ1) is 18.8. The largest absolute Gasteiger partial charge is 0.481 e. The Morgan fingerprint density at radius 2 is 1.80 bits per heavy atom. The van der Waals surface area contributed by atoms with Crippen LogP contribution in [-0.2, 0) is 9.59 Å². The molecule has 1 aromatic heterocycles. The van der Waals surface area contributed by atoms with Crippen LogP contribution in [0.15, 0.2) is 35.8 Å². The monoisotopic (exact) mass is 544 g/mol. The highest BCUT2D eigenvalue weighted by molar-refractivity contribution is 6.04. The van der Waals surface area contributed by atoms with Gasteiger partial charge in [-0.3, -0.25) is 19.6 Å². The van der Waals surface area contributed by atoms with E-state index in [2.05, 4.69) is 64.5 Å². The predicted molar refractivity (Wildman–Crippen MR) is 157 cm³/mol. The fraction of sp³-hybridized carbons (Fsp3) is 0.714. The van der Waals surface area contributed by atoms with Crippen molar-refractivity contribution in [3.8, 4) is 0 Å². The van der Waals surface area contributed by atoms with Gasteiger partial charge in [0.15, 0.2) is 5.78 Å². The Balaban J connectivity index is 1.43. The molecule has 0 radical (unpaired) electrons. The second kappa shape index (κ2) is 9.10. The molecule has 4 unspecified atom stereocenters. The quantitative estimate of drug-likeness (QED) is 0.306. The lowest BCUT2D eigenvalue weighted by Crippen LogP contribution is -2.64. The van der Waals surface area contributed by atoms with Gasteiger partial charge < -0.3 is 5.11 Å². The van der Waals surface area contributed by atoms with Gasteiger partial charge in [-0.15, -0.1) is 0 Å². The Hall–Kier alpha value is -2.30. The Morgan fingerprint density at radius 3 is 2.48 bits per heavy atom. The van der Waals surface area contributed by atoms with Crippen LogP contribution in [0, 0.1) is 63.1 Å². The third-order valence-electron chi connectivity index (χ3n) is 13.7. The Bertz CT molecular complexity index is 1280. The van der Waals surface area contributed by atoms with Gasteiger partial charge in [0.25, 0.3) is 0 Å². The summed E-state index contributed by atoms with van der Waals surface area (Å²) in [5, 5.41) is 10.2. The van der Waals surface area contributed by atoms with Gasteiger partial charge in [-0.2, -0.15) is 0 Å². The highest BCUT2D eigenvalue weighted by Crippen LogP contribution is 2.74. The van der Waals surface area contributed by atoms with Crippen LogP contribution < -0.4 is 0 Å². The number of rotatable bonds is 2. The van der Waals surface area contributed by atoms with E-state index in [1.54, 1.807) is 24.2 Å². The van der Waals surface area contributed by atoms with E-state index in [0.717, 1.165) is 56.2 Å². The fourth-order valence-corrected chi connectivity index (χ4v) is 11.4. The molecule has 0 aliphatic heterocycles. The average Bonchev–Trinajstić information content (AvgIpc) is 2.89. The highest BCUT2D eigenvalue weighted by atomic mass is 16.4. The molecule has 1 aromatic rings. The summed E-state index contributed by atoms with van der Waals surface area (Å²) in [6, 6.07) is 0. The van der Waals surface area contributed by atoms with Crippen molar-refractivity contribution < 1.29 is 14.7 Å². The molecule has 10 atom stereocenters. The van der Waals surface area contributed by atoms with E-state index in [9.17, 15) is 14.7 Å². The van der Waals surface area contributed by atoms with Crippen molar-refractivity contribution in [1.29, 1.82) is 0 Å². The first kappa shape index (κ1) is 27.8. The van der Waals surface area contributed by atoms with Crippen LogP contribution in [0.3, 0.4) is 0 Å². The highest BCUT2D eigenvalue weighted by Gasteiger charge is 2.68. The van der Waals surface area contributed by atoms with Crippen LogP contribution in [0.1, 0.15) is 99.1 Å². The Kier molecular flexibility index (Phi) is 6.33. The van der Waals surface area contributed by atoms with E-state index < -0.39 is 11.4 Å². The van der Waals surface area contributed by atoms with Crippen LogP contribution in [-0.4, -0.2) is 26.8 Å². The molecule has 0 spiro atoms. The maximum Gasteiger partial charge on any atom is 0.306 e. The number of ketones is 1. The van der Waals surface area contributed by atoms with Gasteiger partial charge >= 0.3 is 5.97 Å². The molecule has 5 aliphatic carbocycles. The summed E-state index contributed by atoms with van der Waals surface area (Å²) in [7, 11) is 0. The van der Waals surface area contributed by atoms with Crippen molar-refractivity contribution in [2.45, 2.75) is 93.4 Å². The number of hydrogen-bond donors (Lipinski definition) is 1. The molecule has 1 N–H and O–H groups in total. The fourth-order valence-electron chi connectivity index (χ4n) is 11.4. The van der Waals surface area contributed by atoms with Crippen molar-refractivity contribution in [2.24, 2.45) is 63.1 Å². The maximum atomic E-state index is 13.9.